The fraction of sp³-hybridized carbons (Fsp3) is 0.455. The molecule has 3 nitrogen and oxygen atoms in total. The van der Waals surface area contributed by atoms with Gasteiger partial charge in [0.25, 0.3) is 0 Å². The van der Waals surface area contributed by atoms with Crippen molar-refractivity contribution in [2.24, 2.45) is 5.92 Å². The highest BCUT2D eigenvalue weighted by atomic mass is 79.9. The van der Waals surface area contributed by atoms with E-state index >= 15 is 0 Å². The lowest BCUT2D eigenvalue weighted by molar-refractivity contribution is 0.173. The second-order valence-electron chi connectivity index (χ2n) is 4.04. The molecule has 0 aromatic heterocycles. The minimum Gasteiger partial charge on any atom is -0.454 e. The number of nitrogens with one attached hydrogen (secondary N) is 1. The van der Waals surface area contributed by atoms with Crippen LogP contribution in [0.2, 0.25) is 0 Å². The molecule has 1 saturated heterocycles. The number of rotatable bonds is 2. The lowest BCUT2D eigenvalue weighted by Crippen LogP contribution is -2.43. The van der Waals surface area contributed by atoms with Gasteiger partial charge in [-0.15, -0.1) is 0 Å². The Morgan fingerprint density at radius 3 is 2.93 bits per heavy atom. The lowest BCUT2D eigenvalue weighted by Gasteiger charge is -2.27. The Labute approximate surface area is 96.9 Å². The summed E-state index contributed by atoms with van der Waals surface area (Å²) in [4.78, 5) is 0. The van der Waals surface area contributed by atoms with E-state index in [1.807, 2.05) is 0 Å². The van der Waals surface area contributed by atoms with Crippen LogP contribution in [0.4, 0.5) is 0 Å². The molecular formula is C11H12BrNO2. The van der Waals surface area contributed by atoms with Crippen molar-refractivity contribution in [1.29, 1.82) is 0 Å². The topological polar surface area (TPSA) is 30.5 Å². The van der Waals surface area contributed by atoms with E-state index in [4.69, 9.17) is 9.47 Å². The van der Waals surface area contributed by atoms with Crippen molar-refractivity contribution in [2.45, 2.75) is 6.42 Å². The molecule has 1 aromatic carbocycles. The van der Waals surface area contributed by atoms with Crippen molar-refractivity contribution in [3.63, 3.8) is 0 Å². The number of benzene rings is 1. The first kappa shape index (κ1) is 9.48. The fourth-order valence-corrected chi connectivity index (χ4v) is 2.57. The Balaban J connectivity index is 1.86. The molecule has 3 rings (SSSR count). The zero-order valence-corrected chi connectivity index (χ0v) is 9.84. The van der Waals surface area contributed by atoms with Crippen molar-refractivity contribution in [1.82, 2.24) is 5.32 Å². The van der Waals surface area contributed by atoms with E-state index in [1.165, 1.54) is 5.56 Å². The van der Waals surface area contributed by atoms with Crippen molar-refractivity contribution < 1.29 is 9.47 Å². The van der Waals surface area contributed by atoms with Gasteiger partial charge in [0.05, 0.1) is 4.47 Å². The standard InChI is InChI=1S/C11H12BrNO2/c12-9-2-7(1-8-4-13-5-8)3-10-11(9)15-6-14-10/h2-3,8,13H,1,4-6H2. The van der Waals surface area contributed by atoms with Crippen LogP contribution in [-0.4, -0.2) is 19.9 Å². The van der Waals surface area contributed by atoms with Crippen LogP contribution < -0.4 is 14.8 Å². The van der Waals surface area contributed by atoms with E-state index in [9.17, 15) is 0 Å². The average molecular weight is 270 g/mol. The first-order chi connectivity index (χ1) is 7.33. The minimum absolute atomic E-state index is 0.336. The average Bonchev–Trinajstić information content (AvgIpc) is 2.59. The quantitative estimate of drug-likeness (QED) is 0.890. The highest BCUT2D eigenvalue weighted by Gasteiger charge is 2.21. The van der Waals surface area contributed by atoms with Crippen molar-refractivity contribution in [3.05, 3.63) is 22.2 Å². The highest BCUT2D eigenvalue weighted by Crippen LogP contribution is 2.40. The Hall–Kier alpha value is -0.740. The molecule has 15 heavy (non-hydrogen) atoms. The Kier molecular flexibility index (Phi) is 2.33. The molecule has 1 fully saturated rings. The normalized spacial score (nSPS) is 19.0. The van der Waals surface area contributed by atoms with E-state index < -0.39 is 0 Å². The number of hydrogen-bond donors (Lipinski definition) is 1. The van der Waals surface area contributed by atoms with Crippen molar-refractivity contribution in [3.8, 4) is 11.5 Å². The summed E-state index contributed by atoms with van der Waals surface area (Å²) in [5.41, 5.74) is 1.32. The third-order valence-corrected chi connectivity index (χ3v) is 3.47. The molecule has 2 aliphatic heterocycles. The number of ether oxygens (including phenoxy) is 2. The summed E-state index contributed by atoms with van der Waals surface area (Å²) in [5, 5.41) is 3.28. The van der Waals surface area contributed by atoms with Crippen LogP contribution in [0.15, 0.2) is 16.6 Å². The Morgan fingerprint density at radius 1 is 1.33 bits per heavy atom. The second kappa shape index (κ2) is 3.68. The SMILES string of the molecule is Brc1cc(CC2CNC2)cc2c1OCO2. The molecule has 0 amide bonds. The molecule has 0 aliphatic carbocycles. The Bertz CT molecular complexity index is 390. The molecule has 0 unspecified atom stereocenters. The van der Waals surface area contributed by atoms with Crippen LogP contribution in [0, 0.1) is 5.92 Å². The van der Waals surface area contributed by atoms with Crippen LogP contribution in [0.25, 0.3) is 0 Å². The fourth-order valence-electron chi connectivity index (χ4n) is 1.96. The zero-order valence-electron chi connectivity index (χ0n) is 8.25. The molecule has 0 radical (unpaired) electrons. The summed E-state index contributed by atoms with van der Waals surface area (Å²) in [6.07, 6.45) is 1.11. The van der Waals surface area contributed by atoms with Gasteiger partial charge in [0, 0.05) is 0 Å². The molecule has 0 bridgehead atoms. The van der Waals surface area contributed by atoms with E-state index in [0.717, 1.165) is 41.4 Å². The maximum atomic E-state index is 5.39. The van der Waals surface area contributed by atoms with Crippen molar-refractivity contribution in [2.75, 3.05) is 19.9 Å². The predicted molar refractivity (Wildman–Crippen MR) is 60.3 cm³/mol. The van der Waals surface area contributed by atoms with E-state index in [0.29, 0.717) is 6.79 Å². The highest BCUT2D eigenvalue weighted by molar-refractivity contribution is 9.10. The number of hydrogen-bond acceptors (Lipinski definition) is 3. The number of fused-ring (bicyclic) bond motifs is 1. The summed E-state index contributed by atoms with van der Waals surface area (Å²) < 4.78 is 11.7. The van der Waals surface area contributed by atoms with Crippen LogP contribution in [0.3, 0.4) is 0 Å². The van der Waals surface area contributed by atoms with Gasteiger partial charge in [-0.3, -0.25) is 0 Å². The monoisotopic (exact) mass is 269 g/mol. The lowest BCUT2D eigenvalue weighted by atomic mass is 9.94. The first-order valence-electron chi connectivity index (χ1n) is 5.11. The molecule has 2 aliphatic rings. The van der Waals surface area contributed by atoms with E-state index in [-0.39, 0.29) is 0 Å². The van der Waals surface area contributed by atoms with E-state index in [1.54, 1.807) is 0 Å². The molecule has 1 N–H and O–H groups in total. The van der Waals surface area contributed by atoms with Crippen LogP contribution >= 0.6 is 15.9 Å². The van der Waals surface area contributed by atoms with Gasteiger partial charge < -0.3 is 14.8 Å². The van der Waals surface area contributed by atoms with Crippen LogP contribution in [0.5, 0.6) is 11.5 Å². The molecule has 4 heteroatoms. The molecule has 80 valence electrons. The maximum Gasteiger partial charge on any atom is 0.231 e. The van der Waals surface area contributed by atoms with Crippen LogP contribution in [-0.2, 0) is 6.42 Å². The largest absolute Gasteiger partial charge is 0.454 e. The van der Waals surface area contributed by atoms with E-state index in [2.05, 4.69) is 33.4 Å². The third kappa shape index (κ3) is 1.72. The summed E-state index contributed by atoms with van der Waals surface area (Å²) >= 11 is 3.51. The molecule has 2 heterocycles. The molecule has 0 atom stereocenters. The third-order valence-electron chi connectivity index (χ3n) is 2.88. The summed E-state index contributed by atoms with van der Waals surface area (Å²) in [6, 6.07) is 4.22. The van der Waals surface area contributed by atoms with Gasteiger partial charge in [-0.05, 0) is 59.1 Å². The Morgan fingerprint density at radius 2 is 2.20 bits per heavy atom. The smallest absolute Gasteiger partial charge is 0.231 e. The van der Waals surface area contributed by atoms with Gasteiger partial charge in [-0.1, -0.05) is 0 Å². The van der Waals surface area contributed by atoms with Gasteiger partial charge >= 0.3 is 0 Å². The summed E-state index contributed by atoms with van der Waals surface area (Å²) in [7, 11) is 0. The van der Waals surface area contributed by atoms with Crippen molar-refractivity contribution >= 4 is 15.9 Å². The zero-order chi connectivity index (χ0) is 10.3. The van der Waals surface area contributed by atoms with Gasteiger partial charge in [-0.2, -0.15) is 0 Å². The van der Waals surface area contributed by atoms with Gasteiger partial charge in [0.15, 0.2) is 11.5 Å². The minimum atomic E-state index is 0.336. The second-order valence-corrected chi connectivity index (χ2v) is 4.89. The summed E-state index contributed by atoms with van der Waals surface area (Å²) in [6.45, 7) is 2.60. The molecule has 1 aromatic rings. The maximum absolute atomic E-state index is 5.39. The van der Waals surface area contributed by atoms with Gasteiger partial charge in [-0.25, -0.2) is 0 Å². The number of halogens is 1. The predicted octanol–water partition coefficient (Wildman–Crippen LogP) is 1.94. The summed E-state index contributed by atoms with van der Waals surface area (Å²) in [5.74, 6) is 2.48. The van der Waals surface area contributed by atoms with Gasteiger partial charge in [0.2, 0.25) is 6.79 Å². The molecule has 0 spiro atoms. The van der Waals surface area contributed by atoms with Gasteiger partial charge in [0.1, 0.15) is 0 Å². The molecular weight excluding hydrogens is 258 g/mol. The first-order valence-corrected chi connectivity index (χ1v) is 5.91. The van der Waals surface area contributed by atoms with Crippen LogP contribution in [0.1, 0.15) is 5.56 Å². The molecule has 0 saturated carbocycles.